The molecule has 0 bridgehead atoms. The molecule has 0 aliphatic heterocycles. The topological polar surface area (TPSA) is 49.8 Å². The Morgan fingerprint density at radius 2 is 2.18 bits per heavy atom. The van der Waals surface area contributed by atoms with Crippen LogP contribution in [0.3, 0.4) is 0 Å². The maximum absolute atomic E-state index is 11.1. The van der Waals surface area contributed by atoms with Crippen molar-refractivity contribution in [2.24, 2.45) is 0 Å². The number of hydrogen-bond acceptors (Lipinski definition) is 4. The van der Waals surface area contributed by atoms with Crippen LogP contribution in [0, 0.1) is 0 Å². The van der Waals surface area contributed by atoms with Crippen molar-refractivity contribution in [2.45, 2.75) is 6.92 Å². The van der Waals surface area contributed by atoms with Gasteiger partial charge in [-0.05, 0) is 30.3 Å². The highest BCUT2D eigenvalue weighted by molar-refractivity contribution is 6.68. The van der Waals surface area contributed by atoms with Crippen molar-refractivity contribution in [3.05, 3.63) is 29.8 Å². The van der Waals surface area contributed by atoms with Crippen molar-refractivity contribution in [2.75, 3.05) is 26.4 Å². The summed E-state index contributed by atoms with van der Waals surface area (Å²) in [6, 6.07) is 6.82. The predicted octanol–water partition coefficient (Wildman–Crippen LogP) is 1.72. The number of nitrogens with zero attached hydrogens (tertiary/aromatic N) is 1. The van der Waals surface area contributed by atoms with Gasteiger partial charge in [0, 0.05) is 6.54 Å². The molecule has 1 N–H and O–H groups in total. The third kappa shape index (κ3) is 4.34. The van der Waals surface area contributed by atoms with Gasteiger partial charge in [-0.3, -0.25) is 9.69 Å². The smallest absolute Gasteiger partial charge is 0.256 e. The lowest BCUT2D eigenvalue weighted by Gasteiger charge is -2.20. The van der Waals surface area contributed by atoms with E-state index in [1.807, 2.05) is 11.8 Å². The molecule has 0 fully saturated rings. The van der Waals surface area contributed by atoms with Gasteiger partial charge < -0.3 is 9.84 Å². The van der Waals surface area contributed by atoms with Crippen molar-refractivity contribution in [3.8, 4) is 5.75 Å². The molecule has 5 heteroatoms. The summed E-state index contributed by atoms with van der Waals surface area (Å²) in [5, 5.41) is 8.30. The van der Waals surface area contributed by atoms with Crippen LogP contribution in [0.2, 0.25) is 0 Å². The van der Waals surface area contributed by atoms with Gasteiger partial charge in [-0.25, -0.2) is 0 Å². The van der Waals surface area contributed by atoms with E-state index in [0.29, 0.717) is 24.6 Å². The minimum Gasteiger partial charge on any atom is -0.477 e. The highest BCUT2D eigenvalue weighted by Crippen LogP contribution is 2.19. The number of carbonyl (C=O) groups excluding carboxylic acids is 1. The van der Waals surface area contributed by atoms with E-state index in [1.165, 1.54) is 0 Å². The number of ether oxygens (including phenoxy) is 1. The molecule has 0 unspecified atom stereocenters. The van der Waals surface area contributed by atoms with Crippen LogP contribution >= 0.6 is 11.6 Å². The van der Waals surface area contributed by atoms with Gasteiger partial charge in [0.25, 0.3) is 5.24 Å². The first-order valence-corrected chi connectivity index (χ1v) is 5.81. The maximum atomic E-state index is 11.1. The third-order valence-electron chi connectivity index (χ3n) is 2.36. The zero-order valence-corrected chi connectivity index (χ0v) is 10.5. The molecule has 0 atom stereocenters. The van der Waals surface area contributed by atoms with Crippen LogP contribution in [0.15, 0.2) is 24.3 Å². The van der Waals surface area contributed by atoms with Crippen molar-refractivity contribution in [1.82, 2.24) is 4.90 Å². The molecule has 0 amide bonds. The first-order chi connectivity index (χ1) is 8.19. The van der Waals surface area contributed by atoms with Crippen LogP contribution in [0.5, 0.6) is 5.75 Å². The highest BCUT2D eigenvalue weighted by Gasteiger charge is 2.10. The van der Waals surface area contributed by atoms with Gasteiger partial charge in [-0.2, -0.15) is 0 Å². The van der Waals surface area contributed by atoms with Crippen molar-refractivity contribution in [1.29, 1.82) is 0 Å². The lowest BCUT2D eigenvalue weighted by molar-refractivity contribution is 0.102. The average molecular weight is 258 g/mol. The summed E-state index contributed by atoms with van der Waals surface area (Å²) in [6.45, 7) is 3.66. The van der Waals surface area contributed by atoms with E-state index in [4.69, 9.17) is 21.4 Å². The Hall–Kier alpha value is -1.10. The van der Waals surface area contributed by atoms with Gasteiger partial charge in [-0.15, -0.1) is 0 Å². The van der Waals surface area contributed by atoms with Gasteiger partial charge in [0.15, 0.2) is 0 Å². The summed E-state index contributed by atoms with van der Waals surface area (Å²) in [6.07, 6.45) is 0. The molecule has 0 heterocycles. The summed E-state index contributed by atoms with van der Waals surface area (Å²) in [5.41, 5.74) is 0.356. The molecular formula is C12H16ClNO3. The van der Waals surface area contributed by atoms with E-state index < -0.39 is 5.24 Å². The number of carbonyl (C=O) groups is 1. The number of aliphatic hydroxyl groups excluding tert-OH is 1. The van der Waals surface area contributed by atoms with Crippen molar-refractivity contribution in [3.63, 3.8) is 0 Å². The first kappa shape index (κ1) is 14.0. The Morgan fingerprint density at radius 1 is 1.47 bits per heavy atom. The summed E-state index contributed by atoms with van der Waals surface area (Å²) >= 11 is 5.45. The molecular weight excluding hydrogens is 242 g/mol. The molecule has 0 aromatic heterocycles. The van der Waals surface area contributed by atoms with Crippen LogP contribution in [-0.2, 0) is 0 Å². The second kappa shape index (κ2) is 7.27. The number of likely N-dealkylation sites (N-methyl/N-ethyl adjacent to an activating group) is 1. The minimum atomic E-state index is -0.536. The number of aliphatic hydroxyl groups is 1. The van der Waals surface area contributed by atoms with Crippen LogP contribution < -0.4 is 4.74 Å². The van der Waals surface area contributed by atoms with E-state index in [0.717, 1.165) is 6.54 Å². The summed E-state index contributed by atoms with van der Waals surface area (Å²) < 4.78 is 5.51. The summed E-state index contributed by atoms with van der Waals surface area (Å²) in [5.74, 6) is 0.462. The first-order valence-electron chi connectivity index (χ1n) is 5.44. The predicted molar refractivity (Wildman–Crippen MR) is 66.5 cm³/mol. The van der Waals surface area contributed by atoms with E-state index in [-0.39, 0.29) is 6.61 Å². The Morgan fingerprint density at radius 3 is 2.76 bits per heavy atom. The van der Waals surface area contributed by atoms with Gasteiger partial charge in [0.05, 0.1) is 12.2 Å². The van der Waals surface area contributed by atoms with Gasteiger partial charge in [-0.1, -0.05) is 19.1 Å². The molecule has 4 nitrogen and oxygen atoms in total. The number of hydrogen-bond donors (Lipinski definition) is 1. The zero-order valence-electron chi connectivity index (χ0n) is 9.73. The molecule has 0 radical (unpaired) electrons. The van der Waals surface area contributed by atoms with E-state index in [1.54, 1.807) is 24.3 Å². The Labute approximate surface area is 106 Å². The van der Waals surface area contributed by atoms with Crippen LogP contribution in [0.1, 0.15) is 17.3 Å². The van der Waals surface area contributed by atoms with E-state index >= 15 is 0 Å². The number of halogens is 1. The van der Waals surface area contributed by atoms with Crippen molar-refractivity contribution < 1.29 is 14.6 Å². The lowest BCUT2D eigenvalue weighted by atomic mass is 10.2. The van der Waals surface area contributed by atoms with Gasteiger partial charge in [0.2, 0.25) is 0 Å². The average Bonchev–Trinajstić information content (AvgIpc) is 2.34. The number of para-hydroxylation sites is 1. The molecule has 0 saturated carbocycles. The maximum Gasteiger partial charge on any atom is 0.256 e. The van der Waals surface area contributed by atoms with Crippen LogP contribution in [0.25, 0.3) is 0 Å². The fourth-order valence-corrected chi connectivity index (χ4v) is 1.53. The molecule has 0 aliphatic carbocycles. The van der Waals surface area contributed by atoms with E-state index in [9.17, 15) is 4.79 Å². The second-order valence-corrected chi connectivity index (χ2v) is 3.82. The molecule has 1 aromatic carbocycles. The quantitative estimate of drug-likeness (QED) is 0.597. The largest absolute Gasteiger partial charge is 0.477 e. The van der Waals surface area contributed by atoms with E-state index in [2.05, 4.69) is 0 Å². The van der Waals surface area contributed by atoms with Gasteiger partial charge in [0.1, 0.15) is 12.5 Å². The standard InChI is InChI=1S/C12H16ClNO3/c1-2-14(7-8-15)9-17-11-6-4-3-5-10(11)12(13)16/h3-6,15H,2,7-9H2,1H3. The van der Waals surface area contributed by atoms with Gasteiger partial charge >= 0.3 is 0 Å². The zero-order chi connectivity index (χ0) is 12.7. The second-order valence-electron chi connectivity index (χ2n) is 3.48. The van der Waals surface area contributed by atoms with Crippen LogP contribution in [0.4, 0.5) is 0 Å². The van der Waals surface area contributed by atoms with Crippen molar-refractivity contribution >= 4 is 16.8 Å². The lowest BCUT2D eigenvalue weighted by Crippen LogP contribution is -2.30. The molecule has 0 spiro atoms. The Bertz CT molecular complexity index is 371. The highest BCUT2D eigenvalue weighted by atomic mass is 35.5. The molecule has 17 heavy (non-hydrogen) atoms. The molecule has 0 saturated heterocycles. The van der Waals surface area contributed by atoms with Crippen LogP contribution in [-0.4, -0.2) is 41.7 Å². The normalized spacial score (nSPS) is 10.6. The molecule has 94 valence electrons. The summed E-state index contributed by atoms with van der Waals surface area (Å²) in [4.78, 5) is 13.1. The fraction of sp³-hybridized carbons (Fsp3) is 0.417. The summed E-state index contributed by atoms with van der Waals surface area (Å²) in [7, 11) is 0. The molecule has 0 aliphatic rings. The Balaban J connectivity index is 2.65. The third-order valence-corrected chi connectivity index (χ3v) is 2.57. The SMILES string of the molecule is CCN(CCO)COc1ccccc1C(=O)Cl. The molecule has 1 rings (SSSR count). The minimum absolute atomic E-state index is 0.0767. The molecule has 1 aromatic rings. The monoisotopic (exact) mass is 257 g/mol. The number of benzene rings is 1. The Kier molecular flexibility index (Phi) is 5.97. The number of rotatable bonds is 7. The fourth-order valence-electron chi connectivity index (χ4n) is 1.37.